The van der Waals surface area contributed by atoms with E-state index in [9.17, 15) is 9.59 Å². The van der Waals surface area contributed by atoms with Crippen LogP contribution in [-0.2, 0) is 28.9 Å². The van der Waals surface area contributed by atoms with Gasteiger partial charge in [-0.25, -0.2) is 4.98 Å². The van der Waals surface area contributed by atoms with Gasteiger partial charge in [-0.05, 0) is 148 Å². The summed E-state index contributed by atoms with van der Waals surface area (Å²) in [6, 6.07) is 35.9. The third-order valence-electron chi connectivity index (χ3n) is 9.63. The number of nitrogens with two attached hydrogens (primary N) is 1. The Morgan fingerprint density at radius 1 is 0.564 bits per heavy atom. The Morgan fingerprint density at radius 3 is 1.58 bits per heavy atom. The van der Waals surface area contributed by atoms with E-state index in [0.717, 1.165) is 61.8 Å². The molecule has 0 aliphatic carbocycles. The third kappa shape index (κ3) is 10.6. The highest BCUT2D eigenvalue weighted by molar-refractivity contribution is 9.10. The minimum atomic E-state index is 0.193. The van der Waals surface area contributed by atoms with Crippen molar-refractivity contribution >= 4 is 56.0 Å². The Balaban J connectivity index is 0.000000162. The lowest BCUT2D eigenvalue weighted by atomic mass is 9.98. The lowest BCUT2D eigenvalue weighted by molar-refractivity contribution is -0.118. The summed E-state index contributed by atoms with van der Waals surface area (Å²) in [6.45, 7) is 8.30. The number of aryl methyl sites for hydroxylation is 4. The van der Waals surface area contributed by atoms with Crippen molar-refractivity contribution < 1.29 is 9.59 Å². The van der Waals surface area contributed by atoms with Gasteiger partial charge in [-0.1, -0.05) is 54.6 Å². The van der Waals surface area contributed by atoms with E-state index >= 15 is 0 Å². The summed E-state index contributed by atoms with van der Waals surface area (Å²) in [5, 5.41) is 0. The van der Waals surface area contributed by atoms with Crippen LogP contribution >= 0.6 is 15.9 Å². The summed E-state index contributed by atoms with van der Waals surface area (Å²) < 4.78 is 0.884. The quantitative estimate of drug-likeness (QED) is 0.141. The molecule has 2 aliphatic rings. The van der Waals surface area contributed by atoms with Crippen molar-refractivity contribution in [1.29, 1.82) is 0 Å². The molecular weight excluding hydrogens is 746 g/mol. The fourth-order valence-electron chi connectivity index (χ4n) is 6.47. The van der Waals surface area contributed by atoms with Crippen LogP contribution in [0.3, 0.4) is 0 Å². The van der Waals surface area contributed by atoms with Gasteiger partial charge in [0.2, 0.25) is 0 Å². The van der Waals surface area contributed by atoms with Gasteiger partial charge in [0.1, 0.15) is 16.2 Å². The number of halogens is 1. The Kier molecular flexibility index (Phi) is 12.7. The molecule has 0 spiro atoms. The van der Waals surface area contributed by atoms with Gasteiger partial charge in [-0.15, -0.1) is 0 Å². The molecule has 7 nitrogen and oxygen atoms in total. The lowest BCUT2D eigenvalue weighted by Gasteiger charge is -2.08. The molecule has 2 aromatic heterocycles. The van der Waals surface area contributed by atoms with Crippen LogP contribution in [0.2, 0.25) is 0 Å². The van der Waals surface area contributed by atoms with Gasteiger partial charge >= 0.3 is 0 Å². The largest absolute Gasteiger partial charge is 0.399 e. The molecule has 6 aromatic rings. The Hall–Kier alpha value is -5.86. The molecule has 0 unspecified atom stereocenters. The average molecular weight is 791 g/mol. The first-order chi connectivity index (χ1) is 26.5. The number of nitrogen functional groups attached to an aromatic ring is 1. The van der Waals surface area contributed by atoms with Crippen LogP contribution < -0.4 is 5.73 Å². The predicted molar refractivity (Wildman–Crippen MR) is 227 cm³/mol. The normalized spacial score (nSPS) is 13.3. The van der Waals surface area contributed by atoms with Crippen molar-refractivity contribution in [3.8, 4) is 0 Å². The number of rotatable bonds is 4. The van der Waals surface area contributed by atoms with Crippen molar-refractivity contribution in [3.63, 3.8) is 0 Å². The van der Waals surface area contributed by atoms with E-state index in [1.165, 1.54) is 27.8 Å². The third-order valence-corrected chi connectivity index (χ3v) is 10.1. The van der Waals surface area contributed by atoms with E-state index < -0.39 is 0 Å². The molecule has 276 valence electrons. The van der Waals surface area contributed by atoms with Gasteiger partial charge in [0.05, 0.1) is 22.8 Å². The van der Waals surface area contributed by atoms with E-state index in [1.54, 1.807) is 6.20 Å². The van der Waals surface area contributed by atoms with Crippen LogP contribution in [0.25, 0.3) is 0 Å². The van der Waals surface area contributed by atoms with Crippen LogP contribution in [0.1, 0.15) is 68.6 Å². The number of anilines is 1. The second-order valence-electron chi connectivity index (χ2n) is 14.0. The van der Waals surface area contributed by atoms with Crippen molar-refractivity contribution in [2.75, 3.05) is 5.73 Å². The van der Waals surface area contributed by atoms with Gasteiger partial charge in [-0.2, -0.15) is 0 Å². The Morgan fingerprint density at radius 2 is 1.09 bits per heavy atom. The molecule has 2 N–H and O–H groups in total. The molecule has 0 fully saturated rings. The number of carbonyl (C=O) groups excluding carboxylic acids is 2. The summed E-state index contributed by atoms with van der Waals surface area (Å²) in [4.78, 5) is 42.6. The number of fused-ring (bicyclic) bond motifs is 2. The highest BCUT2D eigenvalue weighted by atomic mass is 79.9. The molecule has 0 saturated carbocycles. The number of hydrogen-bond acceptors (Lipinski definition) is 7. The monoisotopic (exact) mass is 789 g/mol. The standard InChI is InChI=1S/C24H22N2O.C18H18N2O.C5H4BrN/c1-16-10-20-14-22(27)15-24(26-23(20)11-17(16)2)19-7-5-6-18(12-19)13-21-8-3-4-9-25-21;1-11-6-14-9-16(21)10-18(20-17(14)7-12(11)2)13-4-3-5-15(19)8-13;6-5-3-1-2-4-7-5/h3-12H,13-15H2,1-2H3;3-8H,9-10,19H2,1-2H3;1-4H. The zero-order valence-electron chi connectivity index (χ0n) is 31.6. The topological polar surface area (TPSA) is 111 Å². The maximum atomic E-state index is 12.5. The number of ketones is 2. The molecule has 4 heterocycles. The minimum Gasteiger partial charge on any atom is -0.399 e. The molecule has 0 atom stereocenters. The fraction of sp³-hybridized carbons (Fsp3) is 0.191. The van der Waals surface area contributed by atoms with E-state index in [2.05, 4.69) is 90.0 Å². The summed E-state index contributed by atoms with van der Waals surface area (Å²) in [5.41, 5.74) is 21.0. The molecule has 4 aromatic carbocycles. The first kappa shape index (κ1) is 38.9. The molecule has 0 amide bonds. The SMILES string of the molecule is Brc1ccccn1.Cc1cc2c(cc1C)N=C(c1cccc(Cc3ccccn3)c1)CC(=O)C2.Cc1cc2c(cc1C)N=C(c1cccc(N)c1)CC(=O)C2. The summed E-state index contributed by atoms with van der Waals surface area (Å²) in [6.07, 6.45) is 5.96. The molecule has 8 heteroatoms. The summed E-state index contributed by atoms with van der Waals surface area (Å²) in [5.74, 6) is 0.407. The van der Waals surface area contributed by atoms with Crippen LogP contribution in [-0.4, -0.2) is 33.0 Å². The second-order valence-corrected chi connectivity index (χ2v) is 14.8. The number of Topliss-reactive ketones (excluding diaryl/α,β-unsaturated/α-hetero) is 2. The van der Waals surface area contributed by atoms with Crippen molar-refractivity contribution in [3.05, 3.63) is 182 Å². The molecule has 0 saturated heterocycles. The number of carbonyl (C=O) groups is 2. The molecule has 2 aliphatic heterocycles. The minimum absolute atomic E-state index is 0.193. The number of aliphatic imine (C=N–C) groups is 2. The highest BCUT2D eigenvalue weighted by Gasteiger charge is 2.20. The second kappa shape index (κ2) is 18.0. The van der Waals surface area contributed by atoms with Gasteiger partial charge in [0, 0.05) is 55.9 Å². The number of hydrogen-bond donors (Lipinski definition) is 1. The zero-order valence-corrected chi connectivity index (χ0v) is 33.2. The molecule has 8 rings (SSSR count). The van der Waals surface area contributed by atoms with Crippen molar-refractivity contribution in [2.45, 2.75) is 59.8 Å². The smallest absolute Gasteiger partial charge is 0.143 e. The molecule has 55 heavy (non-hydrogen) atoms. The summed E-state index contributed by atoms with van der Waals surface area (Å²) in [7, 11) is 0. The maximum absolute atomic E-state index is 12.5. The van der Waals surface area contributed by atoms with E-state index in [0.29, 0.717) is 31.4 Å². The molecular formula is C47H44BrN5O2. The van der Waals surface area contributed by atoms with Gasteiger partial charge in [-0.3, -0.25) is 24.6 Å². The fourth-order valence-corrected chi connectivity index (χ4v) is 6.74. The van der Waals surface area contributed by atoms with E-state index in [4.69, 9.17) is 15.7 Å². The Bertz CT molecular complexity index is 2400. The number of aromatic nitrogens is 2. The van der Waals surface area contributed by atoms with Gasteiger partial charge < -0.3 is 5.73 Å². The Labute approximate surface area is 331 Å². The van der Waals surface area contributed by atoms with Gasteiger partial charge in [0.25, 0.3) is 0 Å². The van der Waals surface area contributed by atoms with Crippen LogP contribution in [0.5, 0.6) is 0 Å². The van der Waals surface area contributed by atoms with Crippen molar-refractivity contribution in [2.24, 2.45) is 9.98 Å². The van der Waals surface area contributed by atoms with E-state index in [-0.39, 0.29) is 11.6 Å². The molecule has 0 bridgehead atoms. The van der Waals surface area contributed by atoms with E-state index in [1.807, 2.05) is 79.0 Å². The van der Waals surface area contributed by atoms with Crippen molar-refractivity contribution in [1.82, 2.24) is 9.97 Å². The number of nitrogens with zero attached hydrogens (tertiary/aromatic N) is 4. The first-order valence-electron chi connectivity index (χ1n) is 18.3. The summed E-state index contributed by atoms with van der Waals surface area (Å²) >= 11 is 3.20. The van der Waals surface area contributed by atoms with Gasteiger partial charge in [0.15, 0.2) is 0 Å². The maximum Gasteiger partial charge on any atom is 0.143 e. The molecule has 0 radical (unpaired) electrons. The highest BCUT2D eigenvalue weighted by Crippen LogP contribution is 2.30. The van der Waals surface area contributed by atoms with Crippen LogP contribution in [0.15, 0.2) is 136 Å². The number of pyridine rings is 2. The average Bonchev–Trinajstić information content (AvgIpc) is 3.43. The lowest BCUT2D eigenvalue weighted by Crippen LogP contribution is -2.09. The predicted octanol–water partition coefficient (Wildman–Crippen LogP) is 10.3. The number of benzene rings is 4. The zero-order chi connectivity index (χ0) is 38.9. The van der Waals surface area contributed by atoms with Crippen LogP contribution in [0.4, 0.5) is 17.1 Å². The van der Waals surface area contributed by atoms with Crippen LogP contribution in [0, 0.1) is 27.7 Å². The first-order valence-corrected chi connectivity index (χ1v) is 19.1.